The van der Waals surface area contributed by atoms with Gasteiger partial charge in [0.05, 0.1) is 0 Å². The highest BCUT2D eigenvalue weighted by Crippen LogP contribution is 2.08. The summed E-state index contributed by atoms with van der Waals surface area (Å²) in [6.07, 6.45) is 5.09. The molecule has 0 heterocycles. The van der Waals surface area contributed by atoms with Crippen LogP contribution in [0.3, 0.4) is 0 Å². The topological polar surface area (TPSA) is 86.2 Å². The molecule has 0 spiro atoms. The van der Waals surface area contributed by atoms with Crippen molar-refractivity contribution in [1.82, 2.24) is 0 Å². The van der Waals surface area contributed by atoms with Gasteiger partial charge in [-0.25, -0.2) is 0 Å². The Kier molecular flexibility index (Phi) is 6.45. The highest BCUT2D eigenvalue weighted by atomic mass is 16.1. The van der Waals surface area contributed by atoms with Crippen LogP contribution >= 0.6 is 0 Å². The maximum absolute atomic E-state index is 10.9. The molecule has 0 radical (unpaired) electrons. The number of amides is 2. The lowest BCUT2D eigenvalue weighted by molar-refractivity contribution is -0.118. The summed E-state index contributed by atoms with van der Waals surface area (Å²) in [7, 11) is 0. The van der Waals surface area contributed by atoms with E-state index < -0.39 is 5.91 Å². The van der Waals surface area contributed by atoms with Crippen LogP contribution < -0.4 is 11.5 Å². The van der Waals surface area contributed by atoms with Crippen LogP contribution in [-0.4, -0.2) is 11.8 Å². The fraction of sp³-hybridized carbons (Fsp3) is 0.600. The van der Waals surface area contributed by atoms with Gasteiger partial charge in [0, 0.05) is 12.0 Å². The number of carbonyl (C=O) groups excluding carboxylic acids is 2. The number of rotatable bonds is 7. The first-order valence-corrected chi connectivity index (χ1v) is 4.85. The Morgan fingerprint density at radius 2 is 1.86 bits per heavy atom. The van der Waals surface area contributed by atoms with Crippen LogP contribution in [0, 0.1) is 0 Å². The number of nitrogens with two attached hydrogens (primary N) is 2. The second-order valence-corrected chi connectivity index (χ2v) is 3.20. The predicted molar refractivity (Wildman–Crippen MR) is 55.2 cm³/mol. The fourth-order valence-electron chi connectivity index (χ4n) is 1.10. The van der Waals surface area contributed by atoms with Crippen molar-refractivity contribution in [1.29, 1.82) is 0 Å². The van der Waals surface area contributed by atoms with E-state index in [2.05, 4.69) is 0 Å². The third kappa shape index (κ3) is 6.22. The third-order valence-corrected chi connectivity index (χ3v) is 1.87. The van der Waals surface area contributed by atoms with Gasteiger partial charge in [-0.3, -0.25) is 9.59 Å². The standard InChI is InChI=1S/C10H18N2O2/c1-2-3-5-8(10(12)14)6-4-7-9(11)13/h5H,2-4,6-7H2,1H3,(H2,11,13)(H2,12,14). The molecule has 0 aliphatic rings. The summed E-state index contributed by atoms with van der Waals surface area (Å²) in [4.78, 5) is 21.4. The molecule has 0 aromatic carbocycles. The molecule has 0 aromatic heterocycles. The lowest BCUT2D eigenvalue weighted by Gasteiger charge is -2.01. The molecule has 0 aromatic rings. The molecule has 4 nitrogen and oxygen atoms in total. The van der Waals surface area contributed by atoms with E-state index in [9.17, 15) is 9.59 Å². The van der Waals surface area contributed by atoms with Crippen molar-refractivity contribution in [3.05, 3.63) is 11.6 Å². The Bertz CT molecular complexity index is 234. The van der Waals surface area contributed by atoms with Crippen molar-refractivity contribution in [3.8, 4) is 0 Å². The van der Waals surface area contributed by atoms with E-state index in [4.69, 9.17) is 11.5 Å². The summed E-state index contributed by atoms with van der Waals surface area (Å²) >= 11 is 0. The summed E-state index contributed by atoms with van der Waals surface area (Å²) in [5, 5.41) is 0. The van der Waals surface area contributed by atoms with Gasteiger partial charge in [0.2, 0.25) is 11.8 Å². The molecule has 0 fully saturated rings. The van der Waals surface area contributed by atoms with Crippen LogP contribution in [0.5, 0.6) is 0 Å². The van der Waals surface area contributed by atoms with Crippen molar-refractivity contribution < 1.29 is 9.59 Å². The molecule has 14 heavy (non-hydrogen) atoms. The maximum Gasteiger partial charge on any atom is 0.244 e. The molecule has 0 rings (SSSR count). The van der Waals surface area contributed by atoms with Crippen LogP contribution in [0.25, 0.3) is 0 Å². The molecule has 0 aliphatic carbocycles. The van der Waals surface area contributed by atoms with Gasteiger partial charge < -0.3 is 11.5 Å². The van der Waals surface area contributed by atoms with E-state index in [1.165, 1.54) is 0 Å². The van der Waals surface area contributed by atoms with E-state index >= 15 is 0 Å². The minimum atomic E-state index is -0.400. The average molecular weight is 198 g/mol. The summed E-state index contributed by atoms with van der Waals surface area (Å²) in [6, 6.07) is 0. The van der Waals surface area contributed by atoms with Gasteiger partial charge in [0.15, 0.2) is 0 Å². The second kappa shape index (κ2) is 7.12. The second-order valence-electron chi connectivity index (χ2n) is 3.20. The summed E-state index contributed by atoms with van der Waals surface area (Å²) in [5.74, 6) is -0.743. The lowest BCUT2D eigenvalue weighted by Crippen LogP contribution is -2.15. The van der Waals surface area contributed by atoms with Crippen molar-refractivity contribution in [2.45, 2.75) is 39.0 Å². The van der Waals surface area contributed by atoms with Crippen molar-refractivity contribution in [3.63, 3.8) is 0 Å². The van der Waals surface area contributed by atoms with Gasteiger partial charge in [0.25, 0.3) is 0 Å². The zero-order valence-corrected chi connectivity index (χ0v) is 8.58. The van der Waals surface area contributed by atoms with E-state index in [-0.39, 0.29) is 5.91 Å². The number of allylic oxidation sites excluding steroid dienone is 1. The normalized spacial score (nSPS) is 11.4. The summed E-state index contributed by atoms with van der Waals surface area (Å²) in [6.45, 7) is 2.03. The first kappa shape index (κ1) is 12.7. The number of primary amides is 2. The molecule has 0 bridgehead atoms. The Morgan fingerprint density at radius 1 is 1.21 bits per heavy atom. The maximum atomic E-state index is 10.9. The van der Waals surface area contributed by atoms with Crippen LogP contribution in [0.1, 0.15) is 39.0 Å². The van der Waals surface area contributed by atoms with Gasteiger partial charge in [-0.15, -0.1) is 0 Å². The van der Waals surface area contributed by atoms with E-state index in [1.54, 1.807) is 0 Å². The van der Waals surface area contributed by atoms with Crippen molar-refractivity contribution in [2.24, 2.45) is 11.5 Å². The summed E-state index contributed by atoms with van der Waals surface area (Å²) < 4.78 is 0. The highest BCUT2D eigenvalue weighted by Gasteiger charge is 2.04. The van der Waals surface area contributed by atoms with Crippen molar-refractivity contribution >= 4 is 11.8 Å². The quantitative estimate of drug-likeness (QED) is 0.594. The zero-order chi connectivity index (χ0) is 11.0. The molecule has 0 aliphatic heterocycles. The third-order valence-electron chi connectivity index (χ3n) is 1.87. The highest BCUT2D eigenvalue weighted by molar-refractivity contribution is 5.91. The molecule has 2 amide bonds. The largest absolute Gasteiger partial charge is 0.370 e. The predicted octanol–water partition coefficient (Wildman–Crippen LogP) is 0.854. The van der Waals surface area contributed by atoms with Crippen LogP contribution in [0.15, 0.2) is 11.6 Å². The Balaban J connectivity index is 3.98. The van der Waals surface area contributed by atoms with Crippen LogP contribution in [-0.2, 0) is 9.59 Å². The van der Waals surface area contributed by atoms with Crippen LogP contribution in [0.4, 0.5) is 0 Å². The number of hydrogen-bond acceptors (Lipinski definition) is 2. The minimum absolute atomic E-state index is 0.302. The van der Waals surface area contributed by atoms with Gasteiger partial charge >= 0.3 is 0 Å². The minimum Gasteiger partial charge on any atom is -0.370 e. The Labute approximate surface area is 84.3 Å². The van der Waals surface area contributed by atoms with Gasteiger partial charge in [-0.2, -0.15) is 0 Å². The number of unbranched alkanes of at least 4 members (excludes halogenated alkanes) is 1. The Morgan fingerprint density at radius 3 is 2.29 bits per heavy atom. The molecule has 4 heteroatoms. The molecule has 80 valence electrons. The van der Waals surface area contributed by atoms with Crippen molar-refractivity contribution in [2.75, 3.05) is 0 Å². The fourth-order valence-corrected chi connectivity index (χ4v) is 1.10. The van der Waals surface area contributed by atoms with Gasteiger partial charge in [-0.05, 0) is 19.3 Å². The molecule has 0 saturated heterocycles. The average Bonchev–Trinajstić information content (AvgIpc) is 2.09. The molecule has 0 unspecified atom stereocenters. The molecule has 4 N–H and O–H groups in total. The lowest BCUT2D eigenvalue weighted by atomic mass is 10.1. The monoisotopic (exact) mass is 198 g/mol. The van der Waals surface area contributed by atoms with Gasteiger partial charge in [0.1, 0.15) is 0 Å². The smallest absolute Gasteiger partial charge is 0.244 e. The van der Waals surface area contributed by atoms with Gasteiger partial charge in [-0.1, -0.05) is 19.4 Å². The van der Waals surface area contributed by atoms with E-state index in [0.717, 1.165) is 12.8 Å². The Hall–Kier alpha value is -1.32. The molecular formula is C10H18N2O2. The molecular weight excluding hydrogens is 180 g/mol. The zero-order valence-electron chi connectivity index (χ0n) is 8.58. The first-order valence-electron chi connectivity index (χ1n) is 4.85. The van der Waals surface area contributed by atoms with Crippen LogP contribution in [0.2, 0.25) is 0 Å². The summed E-state index contributed by atoms with van der Waals surface area (Å²) in [5.41, 5.74) is 10.8. The molecule has 0 saturated carbocycles. The number of carbonyl (C=O) groups is 2. The van der Waals surface area contributed by atoms with E-state index in [1.807, 2.05) is 13.0 Å². The SMILES string of the molecule is CCCC=C(CCCC(N)=O)C(N)=O. The first-order chi connectivity index (χ1) is 6.57. The van der Waals surface area contributed by atoms with E-state index in [0.29, 0.717) is 24.8 Å². The molecule has 0 atom stereocenters. The number of hydrogen-bond donors (Lipinski definition) is 2.